The van der Waals surface area contributed by atoms with Crippen LogP contribution < -0.4 is 0 Å². The highest BCUT2D eigenvalue weighted by Crippen LogP contribution is 2.64. The fraction of sp³-hybridized carbons (Fsp3) is 0.852. The molecule has 0 amide bonds. The van der Waals surface area contributed by atoms with Crippen LogP contribution in [-0.2, 0) is 0 Å². The maximum absolute atomic E-state index is 10.2. The topological polar surface area (TPSA) is 20.2 Å². The Kier molecular flexibility index (Phi) is 5.62. The molecule has 0 unspecified atom stereocenters. The van der Waals surface area contributed by atoms with Crippen LogP contribution in [-0.4, -0.2) is 11.2 Å². The maximum atomic E-state index is 10.2. The number of aliphatic hydroxyl groups excluding tert-OH is 1. The molecule has 1 N–H and O–H groups in total. The van der Waals surface area contributed by atoms with E-state index in [1.165, 1.54) is 51.4 Å². The standard InChI is InChI=1S/C27H44O/c1-18(2)7-6-8-19(3)23-11-12-24-22-10-9-20-17-21(28)13-15-26(20,4)25(22)14-16-27(23,24)5/h9,18-19,21,23-24,28H,6-8,10-17H2,1-5H3/t19-,21-,23-,24+,26+,27-/m1/s1. The van der Waals surface area contributed by atoms with E-state index in [1.54, 1.807) is 5.57 Å². The van der Waals surface area contributed by atoms with Crippen molar-refractivity contribution in [3.63, 3.8) is 0 Å². The highest BCUT2D eigenvalue weighted by molar-refractivity contribution is 5.43. The van der Waals surface area contributed by atoms with Crippen molar-refractivity contribution in [2.24, 2.45) is 34.5 Å². The van der Waals surface area contributed by atoms with Crippen molar-refractivity contribution in [1.82, 2.24) is 0 Å². The minimum absolute atomic E-state index is 0.0992. The summed E-state index contributed by atoms with van der Waals surface area (Å²) in [6.45, 7) is 12.4. The van der Waals surface area contributed by atoms with E-state index in [4.69, 9.17) is 0 Å². The summed E-state index contributed by atoms with van der Waals surface area (Å²) in [4.78, 5) is 0. The molecule has 1 heteroatoms. The van der Waals surface area contributed by atoms with Crippen molar-refractivity contribution in [2.75, 3.05) is 0 Å². The highest BCUT2D eigenvalue weighted by Gasteiger charge is 2.54. The summed E-state index contributed by atoms with van der Waals surface area (Å²) in [5.74, 6) is 3.48. The summed E-state index contributed by atoms with van der Waals surface area (Å²) < 4.78 is 0. The lowest BCUT2D eigenvalue weighted by Crippen LogP contribution is -2.41. The first-order chi connectivity index (χ1) is 13.3. The van der Waals surface area contributed by atoms with Gasteiger partial charge in [-0.05, 0) is 80.5 Å². The second-order valence-corrected chi connectivity index (χ2v) is 11.7. The van der Waals surface area contributed by atoms with E-state index in [9.17, 15) is 5.11 Å². The molecule has 0 aromatic heterocycles. The average molecular weight is 385 g/mol. The van der Waals surface area contributed by atoms with Crippen molar-refractivity contribution in [3.8, 4) is 0 Å². The van der Waals surface area contributed by atoms with Crippen LogP contribution in [0.2, 0.25) is 0 Å². The Morgan fingerprint density at radius 1 is 1.07 bits per heavy atom. The zero-order valence-corrected chi connectivity index (χ0v) is 19.2. The van der Waals surface area contributed by atoms with E-state index >= 15 is 0 Å². The van der Waals surface area contributed by atoms with Crippen LogP contribution in [0.5, 0.6) is 0 Å². The lowest BCUT2D eigenvalue weighted by Gasteiger charge is -2.52. The van der Waals surface area contributed by atoms with Gasteiger partial charge in [0.2, 0.25) is 0 Å². The smallest absolute Gasteiger partial charge is 0.0578 e. The number of fused-ring (bicyclic) bond motifs is 4. The lowest BCUT2D eigenvalue weighted by atomic mass is 9.53. The van der Waals surface area contributed by atoms with Gasteiger partial charge in [0.05, 0.1) is 6.10 Å². The zero-order valence-electron chi connectivity index (χ0n) is 19.2. The molecule has 28 heavy (non-hydrogen) atoms. The third kappa shape index (κ3) is 3.34. The van der Waals surface area contributed by atoms with E-state index in [1.807, 2.05) is 11.1 Å². The summed E-state index contributed by atoms with van der Waals surface area (Å²) >= 11 is 0. The van der Waals surface area contributed by atoms with Crippen LogP contribution in [0, 0.1) is 34.5 Å². The molecule has 1 nitrogen and oxygen atoms in total. The molecule has 0 saturated heterocycles. The molecule has 0 bridgehead atoms. The first-order valence-corrected chi connectivity index (χ1v) is 12.4. The molecule has 0 aromatic rings. The first-order valence-electron chi connectivity index (χ1n) is 12.4. The predicted octanol–water partition coefficient (Wildman–Crippen LogP) is 7.45. The summed E-state index contributed by atoms with van der Waals surface area (Å²) in [5.41, 5.74) is 6.02. The number of hydrogen-bond donors (Lipinski definition) is 1. The Hall–Kier alpha value is -0.560. The van der Waals surface area contributed by atoms with Crippen LogP contribution in [0.4, 0.5) is 0 Å². The van der Waals surface area contributed by atoms with Crippen LogP contribution in [0.15, 0.2) is 22.8 Å². The van der Waals surface area contributed by atoms with Gasteiger partial charge in [-0.2, -0.15) is 0 Å². The van der Waals surface area contributed by atoms with E-state index < -0.39 is 0 Å². The molecule has 2 fully saturated rings. The summed E-state index contributed by atoms with van der Waals surface area (Å²) in [6, 6.07) is 0. The number of rotatable bonds is 5. The van der Waals surface area contributed by atoms with Crippen LogP contribution >= 0.6 is 0 Å². The SMILES string of the molecule is CC(C)CCC[C@@H](C)[C@H]1CC[C@H]2C3=C(CC[C@]12C)[C@@]1(C)CC[C@@H](O)CC1=CC3. The second-order valence-electron chi connectivity index (χ2n) is 11.7. The third-order valence-corrected chi connectivity index (χ3v) is 9.64. The molecule has 6 atom stereocenters. The lowest BCUT2D eigenvalue weighted by molar-refractivity contribution is 0.0864. The second kappa shape index (κ2) is 7.60. The van der Waals surface area contributed by atoms with Gasteiger partial charge in [-0.3, -0.25) is 0 Å². The normalized spacial score (nSPS) is 41.4. The molecule has 4 aliphatic rings. The average Bonchev–Trinajstić information content (AvgIpc) is 2.99. The fourth-order valence-corrected chi connectivity index (χ4v) is 7.92. The molecule has 0 spiro atoms. The molecular formula is C27H44O. The van der Waals surface area contributed by atoms with Gasteiger partial charge in [-0.1, -0.05) is 76.7 Å². The Labute approximate surface area is 174 Å². The van der Waals surface area contributed by atoms with Crippen molar-refractivity contribution in [3.05, 3.63) is 22.8 Å². The Balaban J connectivity index is 1.53. The summed E-state index contributed by atoms with van der Waals surface area (Å²) in [5, 5.41) is 10.2. The number of aliphatic hydroxyl groups is 1. The maximum Gasteiger partial charge on any atom is 0.0578 e. The van der Waals surface area contributed by atoms with Gasteiger partial charge in [0.15, 0.2) is 0 Å². The van der Waals surface area contributed by atoms with Crippen LogP contribution in [0.25, 0.3) is 0 Å². The molecule has 2 saturated carbocycles. The quantitative estimate of drug-likeness (QED) is 0.488. The minimum atomic E-state index is -0.0992. The molecule has 158 valence electrons. The largest absolute Gasteiger partial charge is 0.393 e. The summed E-state index contributed by atoms with van der Waals surface area (Å²) in [7, 11) is 0. The van der Waals surface area contributed by atoms with E-state index in [-0.39, 0.29) is 11.5 Å². The van der Waals surface area contributed by atoms with Gasteiger partial charge in [-0.15, -0.1) is 0 Å². The van der Waals surface area contributed by atoms with Gasteiger partial charge >= 0.3 is 0 Å². The Morgan fingerprint density at radius 3 is 2.61 bits per heavy atom. The Morgan fingerprint density at radius 2 is 1.86 bits per heavy atom. The van der Waals surface area contributed by atoms with Crippen molar-refractivity contribution in [2.45, 2.75) is 111 Å². The monoisotopic (exact) mass is 384 g/mol. The van der Waals surface area contributed by atoms with Gasteiger partial charge in [0.1, 0.15) is 0 Å². The number of hydrogen-bond acceptors (Lipinski definition) is 1. The zero-order chi connectivity index (χ0) is 20.1. The van der Waals surface area contributed by atoms with Gasteiger partial charge in [0.25, 0.3) is 0 Å². The van der Waals surface area contributed by atoms with Crippen molar-refractivity contribution in [1.29, 1.82) is 0 Å². The first kappa shape index (κ1) is 20.7. The van der Waals surface area contributed by atoms with Gasteiger partial charge in [-0.25, -0.2) is 0 Å². The molecule has 0 aliphatic heterocycles. The van der Waals surface area contributed by atoms with Gasteiger partial charge in [0, 0.05) is 5.41 Å². The third-order valence-electron chi connectivity index (χ3n) is 9.64. The number of allylic oxidation sites excluding steroid dienone is 3. The van der Waals surface area contributed by atoms with Crippen molar-refractivity contribution >= 4 is 0 Å². The molecule has 0 aromatic carbocycles. The molecule has 4 aliphatic carbocycles. The van der Waals surface area contributed by atoms with E-state index in [2.05, 4.69) is 40.7 Å². The molecule has 4 rings (SSSR count). The molecular weight excluding hydrogens is 340 g/mol. The predicted molar refractivity (Wildman–Crippen MR) is 119 cm³/mol. The van der Waals surface area contributed by atoms with Gasteiger partial charge < -0.3 is 5.11 Å². The van der Waals surface area contributed by atoms with Crippen molar-refractivity contribution < 1.29 is 5.11 Å². The Bertz CT molecular complexity index is 655. The van der Waals surface area contributed by atoms with Crippen LogP contribution in [0.1, 0.15) is 105 Å². The van der Waals surface area contributed by atoms with E-state index in [0.717, 1.165) is 42.9 Å². The van der Waals surface area contributed by atoms with E-state index in [0.29, 0.717) is 5.41 Å². The molecule has 0 heterocycles. The highest BCUT2D eigenvalue weighted by atomic mass is 16.3. The molecule has 0 radical (unpaired) electrons. The fourth-order valence-electron chi connectivity index (χ4n) is 7.92. The summed E-state index contributed by atoms with van der Waals surface area (Å²) in [6.07, 6.45) is 16.5. The minimum Gasteiger partial charge on any atom is -0.393 e. The van der Waals surface area contributed by atoms with Crippen LogP contribution in [0.3, 0.4) is 0 Å².